The van der Waals surface area contributed by atoms with Crippen LogP contribution in [0.3, 0.4) is 0 Å². The van der Waals surface area contributed by atoms with Crippen LogP contribution in [0.25, 0.3) is 89.3 Å². The summed E-state index contributed by atoms with van der Waals surface area (Å²) in [6.07, 6.45) is 1.83. The van der Waals surface area contributed by atoms with Gasteiger partial charge in [0.15, 0.2) is 0 Å². The molecule has 0 saturated carbocycles. The quantitative estimate of drug-likeness (QED) is 0.172. The van der Waals surface area contributed by atoms with Gasteiger partial charge in [-0.2, -0.15) is 0 Å². The maximum absolute atomic E-state index is 5.11. The second-order valence-corrected chi connectivity index (χ2v) is 14.5. The Morgan fingerprint density at radius 3 is 1.12 bits per heavy atom. The molecular weight excluding hydrogens is 681 g/mol. The van der Waals surface area contributed by atoms with Crippen molar-refractivity contribution in [2.45, 2.75) is 12.8 Å². The molecular formula is C52H36N4. The number of hydrogen-bond acceptors (Lipinski definition) is 2. The number of aromatic nitrogens is 4. The van der Waals surface area contributed by atoms with Crippen LogP contribution >= 0.6 is 0 Å². The first-order chi connectivity index (χ1) is 27.8. The van der Waals surface area contributed by atoms with E-state index in [1.54, 1.807) is 0 Å². The summed E-state index contributed by atoms with van der Waals surface area (Å²) >= 11 is 0. The molecule has 4 heteroatoms. The predicted molar refractivity (Wildman–Crippen MR) is 230 cm³/mol. The van der Waals surface area contributed by atoms with Crippen molar-refractivity contribution >= 4 is 21.8 Å². The van der Waals surface area contributed by atoms with Crippen LogP contribution in [0, 0.1) is 0 Å². The summed E-state index contributed by atoms with van der Waals surface area (Å²) in [5, 5.41) is 2.55. The van der Waals surface area contributed by atoms with Crippen LogP contribution in [0.2, 0.25) is 0 Å². The first-order valence-corrected chi connectivity index (χ1v) is 19.3. The molecule has 0 radical (unpaired) electrons. The van der Waals surface area contributed by atoms with Gasteiger partial charge in [0.1, 0.15) is 0 Å². The van der Waals surface area contributed by atoms with Crippen molar-refractivity contribution in [2.24, 2.45) is 0 Å². The van der Waals surface area contributed by atoms with Crippen molar-refractivity contribution < 1.29 is 0 Å². The van der Waals surface area contributed by atoms with Gasteiger partial charge in [-0.15, -0.1) is 0 Å². The lowest BCUT2D eigenvalue weighted by molar-refractivity contribution is 0.822. The number of nitrogens with zero attached hydrogens (tertiary/aromatic N) is 4. The lowest BCUT2D eigenvalue weighted by Gasteiger charge is -2.20. The third-order valence-electron chi connectivity index (χ3n) is 11.2. The molecule has 10 aromatic rings. The molecule has 6 aromatic carbocycles. The fourth-order valence-corrected chi connectivity index (χ4v) is 8.78. The topological polar surface area (TPSA) is 35.6 Å². The maximum atomic E-state index is 5.11. The van der Waals surface area contributed by atoms with Gasteiger partial charge in [-0.05, 0) is 73.5 Å². The smallest absolute Gasteiger partial charge is 0.0710 e. The number of pyridine rings is 2. The van der Waals surface area contributed by atoms with Crippen molar-refractivity contribution in [1.82, 2.24) is 19.1 Å². The normalized spacial score (nSPS) is 12.1. The third-order valence-corrected chi connectivity index (χ3v) is 11.2. The number of benzene rings is 6. The average molecular weight is 717 g/mol. The van der Waals surface area contributed by atoms with Crippen LogP contribution in [-0.2, 0) is 12.8 Å². The van der Waals surface area contributed by atoms with Crippen molar-refractivity contribution in [1.29, 1.82) is 0 Å². The summed E-state index contributed by atoms with van der Waals surface area (Å²) in [6.45, 7) is 0. The lowest BCUT2D eigenvalue weighted by atomic mass is 9.91. The Labute approximate surface area is 325 Å². The SMILES string of the molecule is c1ccc(-c2cccc(-c3cccc(-n4c5c(c6ccccc64)-c4c(n(-c6cccc(-c7cccc(-c8ccccc8)n7)c6)c6ccccc46)CC5)c3)n2)cc1. The van der Waals surface area contributed by atoms with Crippen LogP contribution in [0.5, 0.6) is 0 Å². The Bertz CT molecular complexity index is 2870. The highest BCUT2D eigenvalue weighted by Crippen LogP contribution is 2.48. The first kappa shape index (κ1) is 32.2. The van der Waals surface area contributed by atoms with Gasteiger partial charge in [0.05, 0.1) is 33.8 Å². The summed E-state index contributed by atoms with van der Waals surface area (Å²) in [5.74, 6) is 0. The number of hydrogen-bond donors (Lipinski definition) is 0. The van der Waals surface area contributed by atoms with Crippen LogP contribution < -0.4 is 0 Å². The second-order valence-electron chi connectivity index (χ2n) is 14.5. The Hall–Kier alpha value is -7.30. The standard InChI is InChI=1S/C52H36N4/c1-3-15-35(16-4-1)43-25-13-27-45(53-43)37-19-11-21-39(33-37)55-47-29-9-7-23-41(47)51-49(55)31-32-50-52(51)42-24-8-10-30-48(42)56(50)40-22-12-20-38(34-40)46-28-14-26-44(54-46)36-17-5-2-6-18-36/h1-30,33-34H,31-32H2. The summed E-state index contributed by atoms with van der Waals surface area (Å²) in [7, 11) is 0. The summed E-state index contributed by atoms with van der Waals surface area (Å²) in [6, 6.07) is 69.0. The van der Waals surface area contributed by atoms with Gasteiger partial charge in [-0.25, -0.2) is 9.97 Å². The van der Waals surface area contributed by atoms with Gasteiger partial charge in [-0.1, -0.05) is 133 Å². The molecule has 0 atom stereocenters. The second kappa shape index (κ2) is 13.2. The fraction of sp³-hybridized carbons (Fsp3) is 0.0385. The van der Waals surface area contributed by atoms with E-state index in [-0.39, 0.29) is 0 Å². The molecule has 264 valence electrons. The molecule has 4 aromatic heterocycles. The molecule has 0 fully saturated rings. The van der Waals surface area contributed by atoms with E-state index in [1.807, 2.05) is 12.1 Å². The molecule has 0 bridgehead atoms. The van der Waals surface area contributed by atoms with Gasteiger partial charge in [0, 0.05) is 66.9 Å². The zero-order valence-electron chi connectivity index (χ0n) is 30.7. The molecule has 0 N–H and O–H groups in total. The van der Waals surface area contributed by atoms with Gasteiger partial charge >= 0.3 is 0 Å². The average Bonchev–Trinajstić information content (AvgIpc) is 3.80. The molecule has 0 saturated heterocycles. The van der Waals surface area contributed by atoms with Crippen molar-refractivity contribution in [3.8, 4) is 67.5 Å². The van der Waals surface area contributed by atoms with Crippen LogP contribution in [0.1, 0.15) is 11.4 Å². The third kappa shape index (κ3) is 5.30. The van der Waals surface area contributed by atoms with Gasteiger partial charge < -0.3 is 9.13 Å². The molecule has 0 aliphatic heterocycles. The molecule has 1 aliphatic carbocycles. The van der Waals surface area contributed by atoms with E-state index >= 15 is 0 Å². The molecule has 56 heavy (non-hydrogen) atoms. The summed E-state index contributed by atoms with van der Waals surface area (Å²) in [4.78, 5) is 10.2. The molecule has 11 rings (SSSR count). The van der Waals surface area contributed by atoms with E-state index in [1.165, 1.54) is 44.3 Å². The van der Waals surface area contributed by atoms with Gasteiger partial charge in [-0.3, -0.25) is 0 Å². The molecule has 0 spiro atoms. The van der Waals surface area contributed by atoms with E-state index in [4.69, 9.17) is 9.97 Å². The first-order valence-electron chi connectivity index (χ1n) is 19.3. The minimum atomic E-state index is 0.916. The van der Waals surface area contributed by atoms with Crippen molar-refractivity contribution in [2.75, 3.05) is 0 Å². The highest BCUT2D eigenvalue weighted by atomic mass is 15.0. The number of rotatable bonds is 6. The minimum absolute atomic E-state index is 0.916. The number of para-hydroxylation sites is 2. The van der Waals surface area contributed by atoms with Crippen molar-refractivity contribution in [3.63, 3.8) is 0 Å². The highest BCUT2D eigenvalue weighted by molar-refractivity contribution is 6.09. The van der Waals surface area contributed by atoms with Crippen LogP contribution in [0.4, 0.5) is 0 Å². The van der Waals surface area contributed by atoms with E-state index in [0.29, 0.717) is 0 Å². The Balaban J connectivity index is 1.05. The van der Waals surface area contributed by atoms with E-state index in [2.05, 4.69) is 191 Å². The summed E-state index contributed by atoms with van der Waals surface area (Å²) in [5.41, 5.74) is 18.4. The predicted octanol–water partition coefficient (Wildman–Crippen LogP) is 12.8. The Morgan fingerprint density at radius 2 is 0.679 bits per heavy atom. The van der Waals surface area contributed by atoms with E-state index in [0.717, 1.165) is 69.2 Å². The molecule has 4 nitrogen and oxygen atoms in total. The highest BCUT2D eigenvalue weighted by Gasteiger charge is 2.30. The molecule has 4 heterocycles. The van der Waals surface area contributed by atoms with Crippen LogP contribution in [-0.4, -0.2) is 19.1 Å². The largest absolute Gasteiger partial charge is 0.313 e. The Morgan fingerprint density at radius 1 is 0.321 bits per heavy atom. The fourth-order valence-electron chi connectivity index (χ4n) is 8.78. The molecule has 0 amide bonds. The van der Waals surface area contributed by atoms with E-state index < -0.39 is 0 Å². The molecule has 0 unspecified atom stereocenters. The molecule has 1 aliphatic rings. The van der Waals surface area contributed by atoms with Crippen molar-refractivity contribution in [3.05, 3.63) is 206 Å². The van der Waals surface area contributed by atoms with Gasteiger partial charge in [0.2, 0.25) is 0 Å². The minimum Gasteiger partial charge on any atom is -0.313 e. The monoisotopic (exact) mass is 716 g/mol. The lowest BCUT2D eigenvalue weighted by Crippen LogP contribution is -2.11. The Kier molecular flexibility index (Phi) is 7.59. The van der Waals surface area contributed by atoms with E-state index in [9.17, 15) is 0 Å². The zero-order chi connectivity index (χ0) is 37.0. The maximum Gasteiger partial charge on any atom is 0.0710 e. The summed E-state index contributed by atoms with van der Waals surface area (Å²) < 4.78 is 4.99. The number of fused-ring (bicyclic) bond motifs is 7. The van der Waals surface area contributed by atoms with Gasteiger partial charge in [0.25, 0.3) is 0 Å². The zero-order valence-corrected chi connectivity index (χ0v) is 30.7. The van der Waals surface area contributed by atoms with Crippen LogP contribution in [0.15, 0.2) is 194 Å².